The van der Waals surface area contributed by atoms with Crippen LogP contribution in [-0.2, 0) is 29.8 Å². The van der Waals surface area contributed by atoms with Gasteiger partial charge in [0.25, 0.3) is 20.2 Å². The molecule has 0 radical (unpaired) electrons. The number of hydrogen-bond acceptors (Lipinski definition) is 9. The van der Waals surface area contributed by atoms with Crippen LogP contribution in [0, 0.1) is 5.92 Å². The minimum atomic E-state index is -4.95. The fourth-order valence-electron chi connectivity index (χ4n) is 6.25. The molecule has 1 fully saturated rings. The normalized spacial score (nSPS) is 18.1. The lowest BCUT2D eigenvalue weighted by Gasteiger charge is -2.35. The molecule has 2 aliphatic carbocycles. The first-order valence-corrected chi connectivity index (χ1v) is 17.6. The highest BCUT2D eigenvalue weighted by Gasteiger charge is 2.39. The van der Waals surface area contributed by atoms with E-state index in [1.807, 2.05) is 0 Å². The Kier molecular flexibility index (Phi) is 10.2. The summed E-state index contributed by atoms with van der Waals surface area (Å²) in [6.45, 7) is 5.79. The van der Waals surface area contributed by atoms with Crippen LogP contribution in [0.4, 0.5) is 5.69 Å². The average Bonchev–Trinajstić information content (AvgIpc) is 2.94. The number of nitrogens with one attached hydrogen (secondary N) is 1. The van der Waals surface area contributed by atoms with Gasteiger partial charge in [-0.05, 0) is 75.8 Å². The number of carbonyl (C=O) groups excluding carboxylic acids is 2. The molecule has 0 saturated heterocycles. The summed E-state index contributed by atoms with van der Waals surface area (Å²) < 4.78 is 78.0. The maximum absolute atomic E-state index is 13.9. The van der Waals surface area contributed by atoms with Crippen molar-refractivity contribution >= 4 is 48.6 Å². The van der Waals surface area contributed by atoms with Crippen molar-refractivity contribution in [1.29, 1.82) is 0 Å². The molecule has 0 aromatic heterocycles. The fraction of sp³-hybridized carbons (Fsp3) is 0.500. The fourth-order valence-corrected chi connectivity index (χ4v) is 7.84. The van der Waals surface area contributed by atoms with E-state index in [9.17, 15) is 35.5 Å². The van der Waals surface area contributed by atoms with Gasteiger partial charge in [0.05, 0.1) is 11.0 Å². The minimum Gasteiger partial charge on any atom is -0.453 e. The van der Waals surface area contributed by atoms with Gasteiger partial charge in [-0.3, -0.25) is 18.9 Å². The third-order valence-corrected chi connectivity index (χ3v) is 9.88. The molecule has 14 heteroatoms. The second-order valence-electron chi connectivity index (χ2n) is 11.1. The van der Waals surface area contributed by atoms with Gasteiger partial charge in [0.2, 0.25) is 5.91 Å². The van der Waals surface area contributed by atoms with E-state index in [0.717, 1.165) is 12.8 Å². The molecule has 1 saturated carbocycles. The van der Waals surface area contributed by atoms with Gasteiger partial charge in [-0.2, -0.15) is 16.8 Å². The summed E-state index contributed by atoms with van der Waals surface area (Å²) in [5.74, 6) is -1.48. The van der Waals surface area contributed by atoms with Gasteiger partial charge in [0.15, 0.2) is 21.1 Å². The number of Topliss-reactive ketones (excluding diaryl/α,β-unsaturated/α-hetero) is 1. The Hall–Kier alpha value is -3.33. The molecule has 1 heterocycles. The van der Waals surface area contributed by atoms with E-state index in [1.165, 1.54) is 19.1 Å². The van der Waals surface area contributed by atoms with E-state index in [-0.39, 0.29) is 51.6 Å². The van der Waals surface area contributed by atoms with Gasteiger partial charge in [-0.1, -0.05) is 12.8 Å². The van der Waals surface area contributed by atoms with Crippen molar-refractivity contribution in [2.45, 2.75) is 75.0 Å². The molecule has 1 amide bonds. The van der Waals surface area contributed by atoms with Crippen molar-refractivity contribution in [3.05, 3.63) is 35.2 Å². The zero-order valence-corrected chi connectivity index (χ0v) is 26.9. The highest BCUT2D eigenvalue weighted by atomic mass is 32.2. The van der Waals surface area contributed by atoms with Gasteiger partial charge in [0.1, 0.15) is 5.78 Å². The molecule has 0 bridgehead atoms. The lowest BCUT2D eigenvalue weighted by atomic mass is 9.72. The Bertz CT molecular complexity index is 1830. The summed E-state index contributed by atoms with van der Waals surface area (Å²) in [5.41, 5.74) is 0.498. The van der Waals surface area contributed by atoms with Gasteiger partial charge in [-0.15, -0.1) is 0 Å². The molecule has 1 aliphatic heterocycles. The van der Waals surface area contributed by atoms with Crippen molar-refractivity contribution in [2.75, 3.05) is 32.0 Å². The number of anilines is 1. The van der Waals surface area contributed by atoms with Gasteiger partial charge < -0.3 is 19.4 Å². The second-order valence-corrected chi connectivity index (χ2v) is 13.9. The van der Waals surface area contributed by atoms with Gasteiger partial charge >= 0.3 is 0 Å². The van der Waals surface area contributed by atoms with Crippen LogP contribution in [0.5, 0.6) is 0 Å². The Balaban J connectivity index is 2.10. The summed E-state index contributed by atoms with van der Waals surface area (Å²) in [6.07, 6.45) is 3.45. The topological polar surface area (TPSA) is 184 Å². The molecule has 3 N–H and O–H groups in total. The zero-order valence-electron chi connectivity index (χ0n) is 25.3. The Morgan fingerprint density at radius 3 is 2.32 bits per heavy atom. The predicted octanol–water partition coefficient (Wildman–Crippen LogP) is 4.48. The minimum absolute atomic E-state index is 0.0303. The third-order valence-electron chi connectivity index (χ3n) is 8.05. The van der Waals surface area contributed by atoms with E-state index < -0.39 is 41.9 Å². The van der Waals surface area contributed by atoms with Crippen molar-refractivity contribution < 1.29 is 39.9 Å². The molecule has 2 atom stereocenters. The van der Waals surface area contributed by atoms with E-state index in [0.29, 0.717) is 44.3 Å². The Morgan fingerprint density at radius 1 is 1.02 bits per heavy atom. The third kappa shape index (κ3) is 6.82. The van der Waals surface area contributed by atoms with E-state index in [1.54, 1.807) is 37.9 Å². The maximum Gasteiger partial charge on any atom is 0.300 e. The van der Waals surface area contributed by atoms with Crippen LogP contribution in [0.1, 0.15) is 70.8 Å². The number of carbonyl (C=O) groups is 2. The SMILES string of the molecule is CC/N=c1\ccc2c(C3CCCCC3C(=O)N(C)CCCC(C)=O)c3ccc(NCC)c(S(=O)(=O)O)c3oc-2c1S(=O)(=O)O. The first-order valence-electron chi connectivity index (χ1n) is 14.7. The zero-order chi connectivity index (χ0) is 32.4. The highest BCUT2D eigenvalue weighted by Crippen LogP contribution is 2.49. The molecule has 2 unspecified atom stereocenters. The smallest absolute Gasteiger partial charge is 0.300 e. The highest BCUT2D eigenvalue weighted by molar-refractivity contribution is 7.86. The number of hydrogen-bond donors (Lipinski definition) is 3. The summed E-state index contributed by atoms with van der Waals surface area (Å²) in [7, 11) is -8.19. The molecule has 240 valence electrons. The maximum atomic E-state index is 13.9. The Labute approximate surface area is 257 Å². The van der Waals surface area contributed by atoms with Crippen LogP contribution in [0.3, 0.4) is 0 Å². The molecule has 44 heavy (non-hydrogen) atoms. The van der Waals surface area contributed by atoms with Crippen LogP contribution in [0.2, 0.25) is 0 Å². The van der Waals surface area contributed by atoms with Crippen LogP contribution in [-0.4, -0.2) is 69.2 Å². The lowest BCUT2D eigenvalue weighted by molar-refractivity contribution is -0.136. The van der Waals surface area contributed by atoms with Crippen molar-refractivity contribution in [1.82, 2.24) is 4.90 Å². The van der Waals surface area contributed by atoms with Gasteiger partial charge in [-0.25, -0.2) is 0 Å². The lowest BCUT2D eigenvalue weighted by Crippen LogP contribution is -2.38. The van der Waals surface area contributed by atoms with E-state index in [2.05, 4.69) is 10.3 Å². The first kappa shape index (κ1) is 33.6. The summed E-state index contributed by atoms with van der Waals surface area (Å²) in [6, 6.07) is 6.18. The standard InChI is InChI=1S/C30H39N3O9S2/c1-5-31-23-15-13-21-25(19-11-7-8-12-20(19)30(35)33(4)17-9-10-18(3)34)22-14-16-24(32-6-2)29(44(39,40)41)27(22)42-26(21)28(23)43(36,37)38/h13-16,19-20,31H,5-12,17H2,1-4H3,(H,36,37,38)(H,39,40,41)/b32-24+. The molecule has 4 rings (SSSR count). The van der Waals surface area contributed by atoms with Crippen molar-refractivity contribution in [3.63, 3.8) is 0 Å². The summed E-state index contributed by atoms with van der Waals surface area (Å²) in [5, 5.41) is 3.11. The number of fused-ring (bicyclic) bond motifs is 2. The van der Waals surface area contributed by atoms with E-state index in [4.69, 9.17) is 4.42 Å². The first-order chi connectivity index (χ1) is 20.7. The molecular formula is C30H39N3O9S2. The van der Waals surface area contributed by atoms with Gasteiger partial charge in [0, 0.05) is 50.0 Å². The van der Waals surface area contributed by atoms with Crippen LogP contribution < -0.4 is 10.7 Å². The quantitative estimate of drug-likeness (QED) is 0.198. The number of ketones is 1. The summed E-state index contributed by atoms with van der Waals surface area (Å²) in [4.78, 5) is 29.9. The predicted molar refractivity (Wildman–Crippen MR) is 165 cm³/mol. The van der Waals surface area contributed by atoms with Crippen molar-refractivity contribution in [3.8, 4) is 11.3 Å². The van der Waals surface area contributed by atoms with Crippen LogP contribution in [0.25, 0.3) is 22.3 Å². The molecule has 3 aliphatic rings. The number of rotatable bonds is 11. The number of benzene rings is 2. The summed E-state index contributed by atoms with van der Waals surface area (Å²) >= 11 is 0. The van der Waals surface area contributed by atoms with Crippen LogP contribution >= 0.6 is 0 Å². The average molecular weight is 650 g/mol. The number of nitrogens with zero attached hydrogens (tertiary/aromatic N) is 2. The molecule has 1 aromatic rings. The molecule has 0 spiro atoms. The second kappa shape index (κ2) is 13.3. The van der Waals surface area contributed by atoms with Crippen molar-refractivity contribution in [2.24, 2.45) is 10.9 Å². The number of amides is 1. The molecule has 12 nitrogen and oxygen atoms in total. The largest absolute Gasteiger partial charge is 0.453 e. The molecular weight excluding hydrogens is 610 g/mol. The monoisotopic (exact) mass is 649 g/mol. The van der Waals surface area contributed by atoms with E-state index >= 15 is 0 Å². The molecule has 1 aromatic carbocycles. The van der Waals surface area contributed by atoms with Crippen LogP contribution in [0.15, 0.2) is 43.5 Å². The Morgan fingerprint density at radius 2 is 1.70 bits per heavy atom.